The zero-order valence-corrected chi connectivity index (χ0v) is 9.33. The number of rotatable bonds is 0. The maximum absolute atomic E-state index is 9.07. The van der Waals surface area contributed by atoms with Crippen LogP contribution in [0, 0.1) is 0 Å². The van der Waals surface area contributed by atoms with Crippen LogP contribution in [0.1, 0.15) is 11.1 Å². The molecule has 1 heterocycles. The first-order valence-electron chi connectivity index (χ1n) is 4.11. The van der Waals surface area contributed by atoms with E-state index in [4.69, 9.17) is 5.11 Å². The summed E-state index contributed by atoms with van der Waals surface area (Å²) < 4.78 is 0. The number of nitrogens with zero attached hydrogens (tertiary/aromatic N) is 2. The number of aliphatic hydroxyl groups is 1. The van der Waals surface area contributed by atoms with Crippen molar-refractivity contribution in [3.63, 3.8) is 0 Å². The fourth-order valence-corrected chi connectivity index (χ4v) is 1.32. The molecular formula is C10H9ClN2OS. The highest BCUT2D eigenvalue weighted by molar-refractivity contribution is 7.79. The van der Waals surface area contributed by atoms with Crippen molar-refractivity contribution in [1.29, 1.82) is 0 Å². The molecule has 0 aromatic heterocycles. The highest BCUT2D eigenvalue weighted by atomic mass is 35.5. The number of thiocarbonyl (C=S) groups is 1. The van der Waals surface area contributed by atoms with Gasteiger partial charge in [0.15, 0.2) is 0 Å². The Hall–Kier alpha value is -1.39. The summed E-state index contributed by atoms with van der Waals surface area (Å²) in [5.74, 6) is 0. The summed E-state index contributed by atoms with van der Waals surface area (Å²) in [6.45, 7) is 0. The van der Waals surface area contributed by atoms with E-state index in [0.29, 0.717) is 0 Å². The number of halogens is 1. The van der Waals surface area contributed by atoms with Crippen molar-refractivity contribution < 1.29 is 5.11 Å². The summed E-state index contributed by atoms with van der Waals surface area (Å²) in [5, 5.41) is 14.1. The molecule has 0 unspecified atom stereocenters. The minimum Gasteiger partial charge on any atom is -0.485 e. The normalized spacial score (nSPS) is 12.7. The van der Waals surface area contributed by atoms with Gasteiger partial charge in [-0.2, -0.15) is 10.1 Å². The standard InChI is InChI=1S/C10H8N2OS.ClH/c13-10(14)12-6-5-8-3-1-2-4-9(8)7-11-12;/h1-7H,(H,13,14);1H. The zero-order valence-electron chi connectivity index (χ0n) is 7.70. The first kappa shape index (κ1) is 11.7. The predicted molar refractivity (Wildman–Crippen MR) is 67.4 cm³/mol. The number of hydrazone groups is 1. The fourth-order valence-electron chi connectivity index (χ4n) is 1.21. The van der Waals surface area contributed by atoms with Gasteiger partial charge in [0.05, 0.1) is 6.21 Å². The van der Waals surface area contributed by atoms with Gasteiger partial charge in [-0.15, -0.1) is 12.4 Å². The molecule has 0 aliphatic carbocycles. The second-order valence-electron chi connectivity index (χ2n) is 2.82. The molecule has 0 amide bonds. The minimum atomic E-state index is -0.259. The van der Waals surface area contributed by atoms with Crippen LogP contribution in [0.25, 0.3) is 6.08 Å². The highest BCUT2D eigenvalue weighted by Crippen LogP contribution is 2.12. The van der Waals surface area contributed by atoms with E-state index in [1.165, 1.54) is 5.01 Å². The Morgan fingerprint density at radius 3 is 2.60 bits per heavy atom. The van der Waals surface area contributed by atoms with Crippen LogP contribution in [-0.2, 0) is 0 Å². The number of hydrogen-bond donors (Lipinski definition) is 1. The van der Waals surface area contributed by atoms with Crippen LogP contribution in [-0.4, -0.2) is 21.5 Å². The average molecular weight is 241 g/mol. The van der Waals surface area contributed by atoms with Crippen LogP contribution in [0.4, 0.5) is 0 Å². The maximum atomic E-state index is 9.07. The molecule has 0 saturated carbocycles. The molecule has 0 radical (unpaired) electrons. The van der Waals surface area contributed by atoms with E-state index in [1.807, 2.05) is 30.3 Å². The van der Waals surface area contributed by atoms with E-state index in [2.05, 4.69) is 17.3 Å². The molecule has 15 heavy (non-hydrogen) atoms. The lowest BCUT2D eigenvalue weighted by Gasteiger charge is -2.06. The van der Waals surface area contributed by atoms with E-state index in [-0.39, 0.29) is 17.6 Å². The van der Waals surface area contributed by atoms with Crippen LogP contribution in [0.3, 0.4) is 0 Å². The topological polar surface area (TPSA) is 35.8 Å². The Kier molecular flexibility index (Phi) is 3.82. The minimum absolute atomic E-state index is 0. The summed E-state index contributed by atoms with van der Waals surface area (Å²) in [5.41, 5.74) is 2.05. The van der Waals surface area contributed by atoms with E-state index in [9.17, 15) is 0 Å². The van der Waals surface area contributed by atoms with Crippen molar-refractivity contribution in [1.82, 2.24) is 5.01 Å². The van der Waals surface area contributed by atoms with Crippen molar-refractivity contribution >= 4 is 42.1 Å². The summed E-state index contributed by atoms with van der Waals surface area (Å²) in [6.07, 6.45) is 5.15. The maximum Gasteiger partial charge on any atom is 0.282 e. The van der Waals surface area contributed by atoms with E-state index in [0.717, 1.165) is 11.1 Å². The lowest BCUT2D eigenvalue weighted by atomic mass is 10.1. The molecule has 1 N–H and O–H groups in total. The molecule has 0 atom stereocenters. The zero-order chi connectivity index (χ0) is 9.97. The van der Waals surface area contributed by atoms with Gasteiger partial charge in [-0.1, -0.05) is 24.3 Å². The summed E-state index contributed by atoms with van der Waals surface area (Å²) in [7, 11) is 0. The molecule has 2 rings (SSSR count). The molecule has 1 aliphatic heterocycles. The van der Waals surface area contributed by atoms with Gasteiger partial charge in [0.1, 0.15) is 0 Å². The third kappa shape index (κ3) is 2.55. The number of aliphatic hydroxyl groups excluding tert-OH is 1. The largest absolute Gasteiger partial charge is 0.485 e. The third-order valence-electron chi connectivity index (χ3n) is 1.91. The van der Waals surface area contributed by atoms with Gasteiger partial charge in [0.2, 0.25) is 0 Å². The summed E-state index contributed by atoms with van der Waals surface area (Å²) in [6, 6.07) is 7.81. The van der Waals surface area contributed by atoms with Gasteiger partial charge in [-0.3, -0.25) is 0 Å². The monoisotopic (exact) mass is 240 g/mol. The van der Waals surface area contributed by atoms with Gasteiger partial charge in [-0.05, 0) is 23.9 Å². The SMILES string of the molecule is Cl.OC(=S)N1C=Cc2ccccc2C=N1. The van der Waals surface area contributed by atoms with E-state index < -0.39 is 0 Å². The van der Waals surface area contributed by atoms with Crippen molar-refractivity contribution in [2.45, 2.75) is 0 Å². The fraction of sp³-hybridized carbons (Fsp3) is 0. The molecule has 0 saturated heterocycles. The molecule has 0 bridgehead atoms. The van der Waals surface area contributed by atoms with Crippen LogP contribution in [0.15, 0.2) is 35.6 Å². The van der Waals surface area contributed by atoms with Crippen molar-refractivity contribution in [2.75, 3.05) is 0 Å². The van der Waals surface area contributed by atoms with E-state index in [1.54, 1.807) is 12.4 Å². The predicted octanol–water partition coefficient (Wildman–Crippen LogP) is 2.57. The number of benzene rings is 1. The third-order valence-corrected chi connectivity index (χ3v) is 2.10. The Morgan fingerprint density at radius 2 is 1.93 bits per heavy atom. The van der Waals surface area contributed by atoms with Crippen LogP contribution < -0.4 is 0 Å². The molecule has 0 fully saturated rings. The van der Waals surface area contributed by atoms with Gasteiger partial charge < -0.3 is 5.11 Å². The van der Waals surface area contributed by atoms with Crippen molar-refractivity contribution in [3.8, 4) is 0 Å². The lowest BCUT2D eigenvalue weighted by Crippen LogP contribution is -2.16. The molecular weight excluding hydrogens is 232 g/mol. The van der Waals surface area contributed by atoms with Gasteiger partial charge in [-0.25, -0.2) is 0 Å². The Bertz CT molecular complexity index is 398. The molecule has 5 heteroatoms. The van der Waals surface area contributed by atoms with Crippen LogP contribution in [0.2, 0.25) is 0 Å². The lowest BCUT2D eigenvalue weighted by molar-refractivity contribution is 0.439. The highest BCUT2D eigenvalue weighted by Gasteiger charge is 2.05. The smallest absolute Gasteiger partial charge is 0.282 e. The second kappa shape index (κ2) is 4.91. The molecule has 3 nitrogen and oxygen atoms in total. The molecule has 1 aromatic rings. The summed E-state index contributed by atoms with van der Waals surface area (Å²) >= 11 is 4.60. The molecule has 1 aromatic carbocycles. The van der Waals surface area contributed by atoms with E-state index >= 15 is 0 Å². The Balaban J connectivity index is 0.00000112. The average Bonchev–Trinajstić information content (AvgIpc) is 2.39. The summed E-state index contributed by atoms with van der Waals surface area (Å²) in [4.78, 5) is 0. The number of fused-ring (bicyclic) bond motifs is 1. The molecule has 78 valence electrons. The van der Waals surface area contributed by atoms with Crippen molar-refractivity contribution in [3.05, 3.63) is 41.6 Å². The van der Waals surface area contributed by atoms with Crippen molar-refractivity contribution in [2.24, 2.45) is 5.10 Å². The van der Waals surface area contributed by atoms with Gasteiger partial charge in [0.25, 0.3) is 5.17 Å². The molecule has 1 aliphatic rings. The quantitative estimate of drug-likeness (QED) is 0.708. The Labute approximate surface area is 99.1 Å². The Morgan fingerprint density at radius 1 is 1.27 bits per heavy atom. The second-order valence-corrected chi connectivity index (χ2v) is 3.18. The van der Waals surface area contributed by atoms with Gasteiger partial charge in [0, 0.05) is 11.8 Å². The van der Waals surface area contributed by atoms with Crippen LogP contribution >= 0.6 is 24.6 Å². The molecule has 0 spiro atoms. The van der Waals surface area contributed by atoms with Gasteiger partial charge >= 0.3 is 0 Å². The first-order chi connectivity index (χ1) is 6.77. The number of hydrogen-bond acceptors (Lipinski definition) is 2. The first-order valence-corrected chi connectivity index (χ1v) is 4.51. The van der Waals surface area contributed by atoms with Crippen LogP contribution in [0.5, 0.6) is 0 Å².